The number of fused-ring (bicyclic) bond motifs is 4. The largest absolute Gasteiger partial charge is 0.491 e. The standard InChI is InChI=1S/C23H21N5O4/c1-27(18-11-32-19-9-13(23(30)31-3)4-6-14(18)19)22(29)12-5-7-17-15(8-12)20-16(21(24)26-17)10-25-28(20)2/h4-10,18H,11H2,1-3H3,(H2,24,26)/t18-/m1/s1. The van der Waals surface area contributed by atoms with E-state index in [0.29, 0.717) is 34.8 Å². The third-order valence-corrected chi connectivity index (χ3v) is 5.93. The van der Waals surface area contributed by atoms with Crippen LogP contribution in [0, 0.1) is 0 Å². The van der Waals surface area contributed by atoms with Gasteiger partial charge in [-0.15, -0.1) is 0 Å². The lowest BCUT2D eigenvalue weighted by Crippen LogP contribution is -2.32. The van der Waals surface area contributed by atoms with Crippen LogP contribution < -0.4 is 10.5 Å². The van der Waals surface area contributed by atoms with Gasteiger partial charge >= 0.3 is 5.97 Å². The zero-order valence-electron chi connectivity index (χ0n) is 17.8. The molecule has 0 saturated heterocycles. The highest BCUT2D eigenvalue weighted by Crippen LogP contribution is 2.37. The van der Waals surface area contributed by atoms with Crippen molar-refractivity contribution >= 4 is 39.5 Å². The smallest absolute Gasteiger partial charge is 0.337 e. The van der Waals surface area contributed by atoms with Gasteiger partial charge in [0.1, 0.15) is 18.2 Å². The number of hydrogen-bond acceptors (Lipinski definition) is 7. The number of esters is 1. The molecular weight excluding hydrogens is 410 g/mol. The lowest BCUT2D eigenvalue weighted by Gasteiger charge is -2.24. The fourth-order valence-corrected chi connectivity index (χ4v) is 4.19. The highest BCUT2D eigenvalue weighted by molar-refractivity contribution is 6.10. The molecule has 0 fully saturated rings. The molecule has 0 aliphatic carbocycles. The predicted molar refractivity (Wildman–Crippen MR) is 119 cm³/mol. The summed E-state index contributed by atoms with van der Waals surface area (Å²) in [5.74, 6) is 0.392. The van der Waals surface area contributed by atoms with Crippen LogP contribution in [0.25, 0.3) is 21.8 Å². The van der Waals surface area contributed by atoms with E-state index in [-0.39, 0.29) is 11.9 Å². The molecule has 0 radical (unpaired) electrons. The van der Waals surface area contributed by atoms with Gasteiger partial charge in [-0.25, -0.2) is 9.78 Å². The van der Waals surface area contributed by atoms with E-state index in [9.17, 15) is 9.59 Å². The Morgan fingerprint density at radius 3 is 2.75 bits per heavy atom. The number of aromatic nitrogens is 3. The summed E-state index contributed by atoms with van der Waals surface area (Å²) in [7, 11) is 4.90. The van der Waals surface area contributed by atoms with E-state index in [1.165, 1.54) is 7.11 Å². The van der Waals surface area contributed by atoms with Gasteiger partial charge in [0.05, 0.1) is 41.3 Å². The average Bonchev–Trinajstić information content (AvgIpc) is 3.41. The van der Waals surface area contributed by atoms with Crippen molar-refractivity contribution in [3.05, 3.63) is 59.3 Å². The SMILES string of the molecule is COC(=O)c1ccc2c(c1)OC[C@H]2N(C)C(=O)c1ccc2nc(N)c3cnn(C)c3c2c1. The quantitative estimate of drug-likeness (QED) is 0.496. The van der Waals surface area contributed by atoms with Crippen LogP contribution in [-0.4, -0.2) is 52.3 Å². The molecule has 2 aromatic heterocycles. The van der Waals surface area contributed by atoms with Crippen molar-refractivity contribution in [2.24, 2.45) is 7.05 Å². The van der Waals surface area contributed by atoms with Crippen LogP contribution in [0.1, 0.15) is 32.3 Å². The van der Waals surface area contributed by atoms with E-state index in [0.717, 1.165) is 21.9 Å². The van der Waals surface area contributed by atoms with Gasteiger partial charge in [0.2, 0.25) is 0 Å². The highest BCUT2D eigenvalue weighted by atomic mass is 16.5. The number of nitrogen functional groups attached to an aromatic ring is 1. The minimum absolute atomic E-state index is 0.155. The van der Waals surface area contributed by atoms with Crippen molar-refractivity contribution in [1.29, 1.82) is 0 Å². The topological polar surface area (TPSA) is 113 Å². The first-order valence-corrected chi connectivity index (χ1v) is 10.0. The monoisotopic (exact) mass is 431 g/mol. The third-order valence-electron chi connectivity index (χ3n) is 5.93. The summed E-state index contributed by atoms with van der Waals surface area (Å²) in [6.07, 6.45) is 1.67. The summed E-state index contributed by atoms with van der Waals surface area (Å²) in [4.78, 5) is 31.2. The molecule has 1 amide bonds. The molecule has 4 aromatic rings. The number of carbonyl (C=O) groups is 2. The maximum atomic E-state index is 13.4. The second-order valence-corrected chi connectivity index (χ2v) is 7.75. The molecule has 2 aromatic carbocycles. The normalized spacial score (nSPS) is 14.9. The Kier molecular flexibility index (Phi) is 4.47. The molecule has 3 heterocycles. The van der Waals surface area contributed by atoms with E-state index in [1.54, 1.807) is 53.2 Å². The van der Waals surface area contributed by atoms with Crippen LogP contribution in [0.3, 0.4) is 0 Å². The van der Waals surface area contributed by atoms with Gasteiger partial charge in [-0.1, -0.05) is 6.07 Å². The number of benzene rings is 2. The number of likely N-dealkylation sites (N-methyl/N-ethyl adjacent to an activating group) is 1. The first-order chi connectivity index (χ1) is 15.4. The van der Waals surface area contributed by atoms with Crippen molar-refractivity contribution in [2.75, 3.05) is 26.5 Å². The fraction of sp³-hybridized carbons (Fsp3) is 0.217. The summed E-state index contributed by atoms with van der Waals surface area (Å²) in [6.45, 7) is 0.305. The van der Waals surface area contributed by atoms with Gasteiger partial charge in [0.25, 0.3) is 5.91 Å². The zero-order valence-corrected chi connectivity index (χ0v) is 17.8. The summed E-state index contributed by atoms with van der Waals surface area (Å²) in [5.41, 5.74) is 9.36. The maximum Gasteiger partial charge on any atom is 0.337 e. The molecular formula is C23H21N5O4. The number of nitrogens with two attached hydrogens (primary N) is 1. The van der Waals surface area contributed by atoms with E-state index in [4.69, 9.17) is 15.2 Å². The molecule has 162 valence electrons. The van der Waals surface area contributed by atoms with Crippen LogP contribution in [0.15, 0.2) is 42.6 Å². The number of aryl methyl sites for hydroxylation is 1. The fourth-order valence-electron chi connectivity index (χ4n) is 4.19. The first kappa shape index (κ1) is 19.8. The van der Waals surface area contributed by atoms with Gasteiger partial charge in [-0.05, 0) is 30.3 Å². The highest BCUT2D eigenvalue weighted by Gasteiger charge is 2.31. The second kappa shape index (κ2) is 7.23. The number of carbonyl (C=O) groups excluding carboxylic acids is 2. The number of pyridine rings is 1. The first-order valence-electron chi connectivity index (χ1n) is 10.0. The predicted octanol–water partition coefficient (Wildman–Crippen LogP) is 2.70. The zero-order chi connectivity index (χ0) is 22.6. The van der Waals surface area contributed by atoms with Gasteiger partial charge < -0.3 is 20.1 Å². The van der Waals surface area contributed by atoms with Gasteiger partial charge in [0.15, 0.2) is 0 Å². The lowest BCUT2D eigenvalue weighted by molar-refractivity contribution is 0.0600. The molecule has 0 spiro atoms. The van der Waals surface area contributed by atoms with E-state index >= 15 is 0 Å². The summed E-state index contributed by atoms with van der Waals surface area (Å²) in [5, 5.41) is 5.83. The molecule has 5 rings (SSSR count). The Labute approximate surface area is 183 Å². The lowest BCUT2D eigenvalue weighted by atomic mass is 10.0. The van der Waals surface area contributed by atoms with E-state index in [2.05, 4.69) is 10.1 Å². The number of anilines is 1. The molecule has 0 saturated carbocycles. The van der Waals surface area contributed by atoms with Gasteiger partial charge in [0, 0.05) is 30.6 Å². The molecule has 0 unspecified atom stereocenters. The number of hydrogen-bond donors (Lipinski definition) is 1. The van der Waals surface area contributed by atoms with Crippen LogP contribution >= 0.6 is 0 Å². The third kappa shape index (κ3) is 2.93. The van der Waals surface area contributed by atoms with Crippen molar-refractivity contribution in [1.82, 2.24) is 19.7 Å². The minimum atomic E-state index is -0.434. The Hall–Kier alpha value is -4.14. The van der Waals surface area contributed by atoms with Crippen LogP contribution in [0.4, 0.5) is 5.82 Å². The summed E-state index contributed by atoms with van der Waals surface area (Å²) >= 11 is 0. The van der Waals surface area contributed by atoms with Crippen LogP contribution in [-0.2, 0) is 11.8 Å². The minimum Gasteiger partial charge on any atom is -0.491 e. The second-order valence-electron chi connectivity index (χ2n) is 7.75. The van der Waals surface area contributed by atoms with Crippen molar-refractivity contribution in [3.8, 4) is 5.75 Å². The number of amides is 1. The Balaban J connectivity index is 1.50. The van der Waals surface area contributed by atoms with Gasteiger partial charge in [-0.3, -0.25) is 9.48 Å². The molecule has 9 nitrogen and oxygen atoms in total. The number of ether oxygens (including phenoxy) is 2. The van der Waals surface area contributed by atoms with Crippen molar-refractivity contribution in [3.63, 3.8) is 0 Å². The van der Waals surface area contributed by atoms with Gasteiger partial charge in [-0.2, -0.15) is 5.10 Å². The molecule has 9 heteroatoms. The van der Waals surface area contributed by atoms with E-state index < -0.39 is 5.97 Å². The average molecular weight is 431 g/mol. The number of rotatable bonds is 3. The van der Waals surface area contributed by atoms with Crippen LogP contribution in [0.2, 0.25) is 0 Å². The molecule has 1 aliphatic heterocycles. The Morgan fingerprint density at radius 1 is 1.19 bits per heavy atom. The Bertz CT molecular complexity index is 1410. The van der Waals surface area contributed by atoms with Crippen molar-refractivity contribution < 1.29 is 19.1 Å². The molecule has 2 N–H and O–H groups in total. The maximum absolute atomic E-state index is 13.4. The Morgan fingerprint density at radius 2 is 1.97 bits per heavy atom. The molecule has 32 heavy (non-hydrogen) atoms. The molecule has 0 bridgehead atoms. The molecule has 1 atom stereocenters. The van der Waals surface area contributed by atoms with E-state index in [1.807, 2.05) is 13.1 Å². The van der Waals surface area contributed by atoms with Crippen LogP contribution in [0.5, 0.6) is 5.75 Å². The molecule has 1 aliphatic rings. The number of nitrogens with zero attached hydrogens (tertiary/aromatic N) is 4. The summed E-state index contributed by atoms with van der Waals surface area (Å²) < 4.78 is 12.3. The van der Waals surface area contributed by atoms with Crippen molar-refractivity contribution in [2.45, 2.75) is 6.04 Å². The number of methoxy groups -OCH3 is 1. The summed E-state index contributed by atoms with van der Waals surface area (Å²) in [6, 6.07) is 10.2.